The van der Waals surface area contributed by atoms with Crippen LogP contribution in [0.25, 0.3) is 0 Å². The monoisotopic (exact) mass is 298 g/mol. The molecule has 0 saturated heterocycles. The van der Waals surface area contributed by atoms with Crippen LogP contribution >= 0.6 is 0 Å². The second-order valence-corrected chi connectivity index (χ2v) is 6.25. The molecule has 0 bridgehead atoms. The van der Waals surface area contributed by atoms with Crippen molar-refractivity contribution >= 4 is 6.29 Å². The molecule has 0 N–H and O–H groups in total. The minimum absolute atomic E-state index is 0.125. The molecule has 0 amide bonds. The van der Waals surface area contributed by atoms with Gasteiger partial charge < -0.3 is 9.47 Å². The van der Waals surface area contributed by atoms with E-state index >= 15 is 0 Å². The first kappa shape index (κ1) is 16.1. The van der Waals surface area contributed by atoms with E-state index in [0.717, 1.165) is 23.3 Å². The van der Waals surface area contributed by atoms with Gasteiger partial charge in [-0.05, 0) is 41.3 Å². The largest absolute Gasteiger partial charge is 0.496 e. The van der Waals surface area contributed by atoms with Gasteiger partial charge in [0.25, 0.3) is 0 Å². The number of hydrogen-bond acceptors (Lipinski definition) is 3. The minimum atomic E-state index is 0.125. The zero-order valence-electron chi connectivity index (χ0n) is 13.6. The third-order valence-electron chi connectivity index (χ3n) is 3.56. The molecule has 0 spiro atoms. The van der Waals surface area contributed by atoms with Gasteiger partial charge in [-0.1, -0.05) is 32.9 Å². The average molecular weight is 298 g/mol. The molecule has 116 valence electrons. The molecule has 0 unspecified atom stereocenters. The Morgan fingerprint density at radius 1 is 1.05 bits per heavy atom. The van der Waals surface area contributed by atoms with E-state index in [1.807, 2.05) is 12.1 Å². The maximum absolute atomic E-state index is 10.9. The van der Waals surface area contributed by atoms with Gasteiger partial charge in [0.15, 0.2) is 0 Å². The summed E-state index contributed by atoms with van der Waals surface area (Å²) in [5, 5.41) is 0. The lowest BCUT2D eigenvalue weighted by molar-refractivity contribution is 0.112. The van der Waals surface area contributed by atoms with Crippen LogP contribution in [0.4, 0.5) is 0 Å². The molecule has 2 rings (SSSR count). The summed E-state index contributed by atoms with van der Waals surface area (Å²) in [5.41, 5.74) is 2.86. The van der Waals surface area contributed by atoms with E-state index in [-0.39, 0.29) is 5.41 Å². The van der Waals surface area contributed by atoms with Crippen molar-refractivity contribution in [1.29, 1.82) is 0 Å². The lowest BCUT2D eigenvalue weighted by atomic mass is 9.87. The van der Waals surface area contributed by atoms with E-state index in [2.05, 4.69) is 32.9 Å². The Kier molecular flexibility index (Phi) is 4.86. The third-order valence-corrected chi connectivity index (χ3v) is 3.56. The fourth-order valence-electron chi connectivity index (χ4n) is 2.20. The van der Waals surface area contributed by atoms with Crippen LogP contribution in [-0.4, -0.2) is 13.4 Å². The lowest BCUT2D eigenvalue weighted by Gasteiger charge is -2.19. The zero-order chi connectivity index (χ0) is 16.2. The minimum Gasteiger partial charge on any atom is -0.496 e. The maximum Gasteiger partial charge on any atom is 0.150 e. The molecule has 3 nitrogen and oxygen atoms in total. The summed E-state index contributed by atoms with van der Waals surface area (Å²) in [6.45, 7) is 6.90. The van der Waals surface area contributed by atoms with E-state index in [1.54, 1.807) is 25.3 Å². The summed E-state index contributed by atoms with van der Waals surface area (Å²) >= 11 is 0. The molecule has 2 aromatic carbocycles. The standard InChI is InChI=1S/C19H22O3/c1-19(2,3)16-6-8-17(9-7-16)22-13-15-11-14(12-20)5-10-18(15)21-4/h5-12H,13H2,1-4H3. The van der Waals surface area contributed by atoms with Crippen LogP contribution in [0.2, 0.25) is 0 Å². The van der Waals surface area contributed by atoms with Crippen molar-refractivity contribution in [2.24, 2.45) is 0 Å². The Labute approximate surface area is 131 Å². The second-order valence-electron chi connectivity index (χ2n) is 6.25. The van der Waals surface area contributed by atoms with E-state index in [0.29, 0.717) is 12.2 Å². The Morgan fingerprint density at radius 2 is 1.73 bits per heavy atom. The first-order valence-electron chi connectivity index (χ1n) is 7.29. The first-order valence-corrected chi connectivity index (χ1v) is 7.29. The predicted molar refractivity (Wildman–Crippen MR) is 87.9 cm³/mol. The molecule has 0 atom stereocenters. The highest BCUT2D eigenvalue weighted by atomic mass is 16.5. The van der Waals surface area contributed by atoms with E-state index < -0.39 is 0 Å². The van der Waals surface area contributed by atoms with Gasteiger partial charge in [0.1, 0.15) is 24.4 Å². The van der Waals surface area contributed by atoms with Crippen LogP contribution < -0.4 is 9.47 Å². The van der Waals surface area contributed by atoms with Crippen LogP contribution in [0.1, 0.15) is 42.3 Å². The summed E-state index contributed by atoms with van der Waals surface area (Å²) < 4.78 is 11.1. The number of carbonyl (C=O) groups is 1. The molecule has 0 heterocycles. The number of benzene rings is 2. The van der Waals surface area contributed by atoms with E-state index in [4.69, 9.17) is 9.47 Å². The Balaban J connectivity index is 2.11. The number of carbonyl (C=O) groups excluding carboxylic acids is 1. The van der Waals surface area contributed by atoms with Crippen LogP contribution in [-0.2, 0) is 12.0 Å². The summed E-state index contributed by atoms with van der Waals surface area (Å²) in [4.78, 5) is 10.9. The van der Waals surface area contributed by atoms with Gasteiger partial charge in [0.05, 0.1) is 7.11 Å². The van der Waals surface area contributed by atoms with Crippen molar-refractivity contribution < 1.29 is 14.3 Å². The molecule has 0 aliphatic heterocycles. The molecule has 0 saturated carbocycles. The molecular formula is C19H22O3. The van der Waals surface area contributed by atoms with Gasteiger partial charge in [-0.3, -0.25) is 4.79 Å². The summed E-state index contributed by atoms with van der Waals surface area (Å²) in [6.07, 6.45) is 0.821. The smallest absolute Gasteiger partial charge is 0.150 e. The predicted octanol–water partition coefficient (Wildman–Crippen LogP) is 4.38. The topological polar surface area (TPSA) is 35.5 Å². The highest BCUT2D eigenvalue weighted by Gasteiger charge is 2.13. The van der Waals surface area contributed by atoms with Crippen LogP contribution in [0.5, 0.6) is 11.5 Å². The lowest BCUT2D eigenvalue weighted by Crippen LogP contribution is -2.10. The van der Waals surface area contributed by atoms with Crippen molar-refractivity contribution in [3.63, 3.8) is 0 Å². The fraction of sp³-hybridized carbons (Fsp3) is 0.316. The highest BCUT2D eigenvalue weighted by Crippen LogP contribution is 2.26. The second kappa shape index (κ2) is 6.65. The van der Waals surface area contributed by atoms with E-state index in [9.17, 15) is 4.79 Å². The summed E-state index contributed by atoms with van der Waals surface area (Å²) in [7, 11) is 1.61. The van der Waals surface area contributed by atoms with Crippen LogP contribution in [0.3, 0.4) is 0 Å². The normalized spacial score (nSPS) is 11.1. The Morgan fingerprint density at radius 3 is 2.27 bits per heavy atom. The summed E-state index contributed by atoms with van der Waals surface area (Å²) in [5.74, 6) is 1.52. The van der Waals surface area contributed by atoms with Gasteiger partial charge in [0.2, 0.25) is 0 Å². The third kappa shape index (κ3) is 3.88. The van der Waals surface area contributed by atoms with Gasteiger partial charge >= 0.3 is 0 Å². The Hall–Kier alpha value is -2.29. The number of rotatable bonds is 5. The number of methoxy groups -OCH3 is 1. The molecule has 2 aromatic rings. The average Bonchev–Trinajstić information content (AvgIpc) is 2.52. The highest BCUT2D eigenvalue weighted by molar-refractivity contribution is 5.75. The summed E-state index contributed by atoms with van der Waals surface area (Å²) in [6, 6.07) is 13.4. The number of hydrogen-bond donors (Lipinski definition) is 0. The van der Waals surface area contributed by atoms with Gasteiger partial charge in [-0.2, -0.15) is 0 Å². The molecule has 0 fully saturated rings. The van der Waals surface area contributed by atoms with Gasteiger partial charge in [-0.15, -0.1) is 0 Å². The molecule has 0 aliphatic rings. The molecule has 0 aromatic heterocycles. The molecule has 0 aliphatic carbocycles. The number of aldehydes is 1. The Bertz CT molecular complexity index is 637. The number of ether oxygens (including phenoxy) is 2. The maximum atomic E-state index is 10.9. The van der Waals surface area contributed by atoms with Crippen molar-refractivity contribution in [2.45, 2.75) is 32.8 Å². The molecule has 3 heteroatoms. The fourth-order valence-corrected chi connectivity index (χ4v) is 2.20. The SMILES string of the molecule is COc1ccc(C=O)cc1COc1ccc(C(C)(C)C)cc1. The van der Waals surface area contributed by atoms with Crippen molar-refractivity contribution in [2.75, 3.05) is 7.11 Å². The van der Waals surface area contributed by atoms with Crippen molar-refractivity contribution in [3.8, 4) is 11.5 Å². The van der Waals surface area contributed by atoms with Gasteiger partial charge in [-0.25, -0.2) is 0 Å². The molecular weight excluding hydrogens is 276 g/mol. The first-order chi connectivity index (χ1) is 10.4. The van der Waals surface area contributed by atoms with Crippen LogP contribution in [0, 0.1) is 0 Å². The van der Waals surface area contributed by atoms with Crippen molar-refractivity contribution in [3.05, 3.63) is 59.2 Å². The van der Waals surface area contributed by atoms with Gasteiger partial charge in [0, 0.05) is 11.1 Å². The zero-order valence-corrected chi connectivity index (χ0v) is 13.6. The van der Waals surface area contributed by atoms with Crippen molar-refractivity contribution in [1.82, 2.24) is 0 Å². The molecule has 0 radical (unpaired) electrons. The quantitative estimate of drug-likeness (QED) is 0.768. The van der Waals surface area contributed by atoms with Crippen LogP contribution in [0.15, 0.2) is 42.5 Å². The molecule has 22 heavy (non-hydrogen) atoms. The van der Waals surface area contributed by atoms with E-state index in [1.165, 1.54) is 5.56 Å².